The topological polar surface area (TPSA) is 80.7 Å². The van der Waals surface area contributed by atoms with E-state index in [-0.39, 0.29) is 18.6 Å². The number of anilines is 1. The molecule has 1 aromatic rings. The molecule has 1 saturated carbocycles. The molecule has 0 radical (unpaired) electrons. The van der Waals surface area contributed by atoms with Crippen molar-refractivity contribution in [3.63, 3.8) is 0 Å². The third-order valence-corrected chi connectivity index (χ3v) is 4.82. The highest BCUT2D eigenvalue weighted by molar-refractivity contribution is 5.95. The summed E-state index contributed by atoms with van der Waals surface area (Å²) in [6.45, 7) is 0.833. The number of nitrogens with zero attached hydrogens (tertiary/aromatic N) is 1. The van der Waals surface area contributed by atoms with Crippen LogP contribution in [0.5, 0.6) is 5.88 Å². The van der Waals surface area contributed by atoms with Crippen molar-refractivity contribution < 1.29 is 19.4 Å². The van der Waals surface area contributed by atoms with E-state index in [9.17, 15) is 9.90 Å². The molecule has 1 aliphatic carbocycles. The number of amides is 1. The summed E-state index contributed by atoms with van der Waals surface area (Å²) in [4.78, 5) is 16.8. The third-order valence-electron chi connectivity index (χ3n) is 4.82. The third kappa shape index (κ3) is 3.82. The Kier molecular flexibility index (Phi) is 5.13. The van der Waals surface area contributed by atoms with Crippen LogP contribution >= 0.6 is 0 Å². The maximum absolute atomic E-state index is 12.5. The molecule has 0 aromatic carbocycles. The van der Waals surface area contributed by atoms with Crippen molar-refractivity contribution in [2.75, 3.05) is 25.1 Å². The highest BCUT2D eigenvalue weighted by Crippen LogP contribution is 2.31. The summed E-state index contributed by atoms with van der Waals surface area (Å²) < 4.78 is 11.1. The molecule has 23 heavy (non-hydrogen) atoms. The first-order valence-electron chi connectivity index (χ1n) is 8.35. The molecule has 1 aromatic heterocycles. The Morgan fingerprint density at radius 2 is 2.09 bits per heavy atom. The minimum atomic E-state index is -0.753. The van der Waals surface area contributed by atoms with Crippen LogP contribution in [0, 0.1) is 5.41 Å². The van der Waals surface area contributed by atoms with Crippen molar-refractivity contribution in [1.29, 1.82) is 0 Å². The molecule has 1 aliphatic heterocycles. The van der Waals surface area contributed by atoms with Crippen LogP contribution < -0.4 is 10.1 Å². The van der Waals surface area contributed by atoms with E-state index in [4.69, 9.17) is 9.47 Å². The van der Waals surface area contributed by atoms with E-state index < -0.39 is 5.41 Å². The number of nitrogens with one attached hydrogen (secondary N) is 1. The van der Waals surface area contributed by atoms with E-state index in [2.05, 4.69) is 10.3 Å². The van der Waals surface area contributed by atoms with Gasteiger partial charge in [0.1, 0.15) is 6.10 Å². The van der Waals surface area contributed by atoms with Crippen LogP contribution in [0.3, 0.4) is 0 Å². The molecule has 126 valence electrons. The van der Waals surface area contributed by atoms with Crippen LogP contribution in [0.15, 0.2) is 18.3 Å². The first-order chi connectivity index (χ1) is 11.2. The van der Waals surface area contributed by atoms with Crippen molar-refractivity contribution >= 4 is 11.6 Å². The molecule has 0 bridgehead atoms. The van der Waals surface area contributed by atoms with E-state index in [1.54, 1.807) is 18.3 Å². The van der Waals surface area contributed by atoms with Crippen LogP contribution in [0.1, 0.15) is 38.5 Å². The van der Waals surface area contributed by atoms with Gasteiger partial charge in [0.25, 0.3) is 0 Å². The summed E-state index contributed by atoms with van der Waals surface area (Å²) in [6, 6.07) is 3.57. The zero-order chi connectivity index (χ0) is 16.1. The number of aromatic nitrogens is 1. The van der Waals surface area contributed by atoms with E-state index >= 15 is 0 Å². The molecule has 2 heterocycles. The van der Waals surface area contributed by atoms with Gasteiger partial charge < -0.3 is 19.9 Å². The number of rotatable bonds is 5. The number of aliphatic hydroxyl groups is 1. The van der Waals surface area contributed by atoms with Crippen LogP contribution in [-0.4, -0.2) is 41.9 Å². The lowest BCUT2D eigenvalue weighted by Gasteiger charge is -2.33. The lowest BCUT2D eigenvalue weighted by Crippen LogP contribution is -2.43. The van der Waals surface area contributed by atoms with Crippen LogP contribution in [-0.2, 0) is 9.53 Å². The molecule has 1 saturated heterocycles. The second-order valence-corrected chi connectivity index (χ2v) is 6.41. The molecule has 6 heteroatoms. The Labute approximate surface area is 136 Å². The van der Waals surface area contributed by atoms with Gasteiger partial charge in [-0.15, -0.1) is 0 Å². The minimum absolute atomic E-state index is 0.168. The maximum atomic E-state index is 12.5. The number of carbonyl (C=O) groups excluding carboxylic acids is 1. The largest absolute Gasteiger partial charge is 0.474 e. The van der Waals surface area contributed by atoms with Gasteiger partial charge >= 0.3 is 0 Å². The molecule has 6 nitrogen and oxygen atoms in total. The first-order valence-corrected chi connectivity index (χ1v) is 8.35. The standard InChI is InChI=1S/C17H24N2O4/c20-12-17(7-9-22-10-8-17)16(21)19-13-5-6-15(18-11-13)23-14-3-1-2-4-14/h5-6,11,14,20H,1-4,7-10,12H2,(H,19,21). The monoisotopic (exact) mass is 320 g/mol. The predicted molar refractivity (Wildman–Crippen MR) is 85.3 cm³/mol. The first kappa shape index (κ1) is 16.2. The summed E-state index contributed by atoms with van der Waals surface area (Å²) in [5, 5.41) is 12.5. The van der Waals surface area contributed by atoms with Gasteiger partial charge in [0.15, 0.2) is 0 Å². The maximum Gasteiger partial charge on any atom is 0.233 e. The highest BCUT2D eigenvalue weighted by Gasteiger charge is 2.39. The van der Waals surface area contributed by atoms with Gasteiger partial charge in [0, 0.05) is 19.3 Å². The van der Waals surface area contributed by atoms with Crippen molar-refractivity contribution in [2.24, 2.45) is 5.41 Å². The summed E-state index contributed by atoms with van der Waals surface area (Å²) in [6.07, 6.45) is 7.53. The smallest absolute Gasteiger partial charge is 0.233 e. The molecule has 2 aliphatic rings. The summed E-state index contributed by atoms with van der Waals surface area (Å²) >= 11 is 0. The molecule has 2 N–H and O–H groups in total. The van der Waals surface area contributed by atoms with Gasteiger partial charge in [-0.05, 0) is 44.6 Å². The Morgan fingerprint density at radius 1 is 1.35 bits per heavy atom. The summed E-state index contributed by atoms with van der Waals surface area (Å²) in [7, 11) is 0. The Bertz CT molecular complexity index is 520. The van der Waals surface area contributed by atoms with E-state index in [0.717, 1.165) is 12.8 Å². The van der Waals surface area contributed by atoms with E-state index in [1.807, 2.05) is 0 Å². The van der Waals surface area contributed by atoms with Crippen LogP contribution in [0.25, 0.3) is 0 Å². The zero-order valence-corrected chi connectivity index (χ0v) is 13.3. The molecule has 0 spiro atoms. The van der Waals surface area contributed by atoms with Gasteiger partial charge in [-0.2, -0.15) is 0 Å². The van der Waals surface area contributed by atoms with Gasteiger partial charge in [0.05, 0.1) is 23.9 Å². The van der Waals surface area contributed by atoms with Gasteiger partial charge in [-0.3, -0.25) is 4.79 Å². The molecule has 0 atom stereocenters. The average molecular weight is 320 g/mol. The lowest BCUT2D eigenvalue weighted by atomic mass is 9.80. The molecule has 0 unspecified atom stereocenters. The van der Waals surface area contributed by atoms with Crippen molar-refractivity contribution in [1.82, 2.24) is 4.98 Å². The fourth-order valence-corrected chi connectivity index (χ4v) is 3.18. The Hall–Kier alpha value is -1.66. The van der Waals surface area contributed by atoms with Crippen LogP contribution in [0.4, 0.5) is 5.69 Å². The quantitative estimate of drug-likeness (QED) is 0.869. The van der Waals surface area contributed by atoms with Crippen LogP contribution in [0.2, 0.25) is 0 Å². The average Bonchev–Trinajstić information content (AvgIpc) is 3.10. The number of ether oxygens (including phenoxy) is 2. The second-order valence-electron chi connectivity index (χ2n) is 6.41. The van der Waals surface area contributed by atoms with Crippen molar-refractivity contribution in [3.05, 3.63) is 18.3 Å². The number of aliphatic hydroxyl groups excluding tert-OH is 1. The number of carbonyl (C=O) groups is 1. The number of hydrogen-bond donors (Lipinski definition) is 2. The number of pyridine rings is 1. The number of hydrogen-bond acceptors (Lipinski definition) is 5. The minimum Gasteiger partial charge on any atom is -0.474 e. The Morgan fingerprint density at radius 3 is 2.70 bits per heavy atom. The molecule has 3 rings (SSSR count). The molecule has 2 fully saturated rings. The van der Waals surface area contributed by atoms with Crippen molar-refractivity contribution in [3.8, 4) is 5.88 Å². The van der Waals surface area contributed by atoms with E-state index in [1.165, 1.54) is 12.8 Å². The predicted octanol–water partition coefficient (Wildman–Crippen LogP) is 2.13. The lowest BCUT2D eigenvalue weighted by molar-refractivity contribution is -0.134. The second kappa shape index (κ2) is 7.27. The highest BCUT2D eigenvalue weighted by atomic mass is 16.5. The van der Waals surface area contributed by atoms with Gasteiger partial charge in [-0.25, -0.2) is 4.98 Å². The fourth-order valence-electron chi connectivity index (χ4n) is 3.18. The normalized spacial score (nSPS) is 21.1. The molecular weight excluding hydrogens is 296 g/mol. The van der Waals surface area contributed by atoms with Crippen molar-refractivity contribution in [2.45, 2.75) is 44.6 Å². The molecular formula is C17H24N2O4. The Balaban J connectivity index is 1.59. The van der Waals surface area contributed by atoms with Gasteiger partial charge in [0.2, 0.25) is 11.8 Å². The van der Waals surface area contributed by atoms with Gasteiger partial charge in [-0.1, -0.05) is 0 Å². The zero-order valence-electron chi connectivity index (χ0n) is 13.3. The van der Waals surface area contributed by atoms with E-state index in [0.29, 0.717) is 37.6 Å². The summed E-state index contributed by atoms with van der Waals surface area (Å²) in [5.74, 6) is 0.424. The SMILES string of the molecule is O=C(Nc1ccc(OC2CCCC2)nc1)C1(CO)CCOCC1. The molecule has 1 amide bonds. The fraction of sp³-hybridized carbons (Fsp3) is 0.647. The summed E-state index contributed by atoms with van der Waals surface area (Å²) in [5.41, 5.74) is -0.134.